The van der Waals surface area contributed by atoms with Gasteiger partial charge in [0.1, 0.15) is 5.82 Å². The molecular formula is C17H28FN3. The van der Waals surface area contributed by atoms with Crippen LogP contribution in [0.4, 0.5) is 4.39 Å². The lowest BCUT2D eigenvalue weighted by atomic mass is 9.97. The van der Waals surface area contributed by atoms with E-state index < -0.39 is 0 Å². The summed E-state index contributed by atoms with van der Waals surface area (Å²) in [4.78, 5) is 4.85. The van der Waals surface area contributed by atoms with E-state index in [1.54, 1.807) is 6.07 Å². The Kier molecular flexibility index (Phi) is 5.73. The predicted molar refractivity (Wildman–Crippen MR) is 85.7 cm³/mol. The highest BCUT2D eigenvalue weighted by Gasteiger charge is 2.30. The van der Waals surface area contributed by atoms with Crippen molar-refractivity contribution in [2.45, 2.75) is 45.3 Å². The average Bonchev–Trinajstić information content (AvgIpc) is 2.49. The molecule has 0 radical (unpaired) electrons. The van der Waals surface area contributed by atoms with Crippen LogP contribution in [0.25, 0.3) is 0 Å². The lowest BCUT2D eigenvalue weighted by Gasteiger charge is -2.42. The maximum Gasteiger partial charge on any atom is 0.128 e. The lowest BCUT2D eigenvalue weighted by Crippen LogP contribution is -2.53. The zero-order valence-electron chi connectivity index (χ0n) is 13.4. The molecule has 0 aromatic heterocycles. The van der Waals surface area contributed by atoms with E-state index in [2.05, 4.69) is 23.6 Å². The molecule has 0 saturated carbocycles. The van der Waals surface area contributed by atoms with Gasteiger partial charge in [-0.3, -0.25) is 9.80 Å². The van der Waals surface area contributed by atoms with Crippen LogP contribution in [0.5, 0.6) is 0 Å². The van der Waals surface area contributed by atoms with Crippen molar-refractivity contribution in [1.29, 1.82) is 0 Å². The van der Waals surface area contributed by atoms with E-state index in [4.69, 9.17) is 5.73 Å². The van der Waals surface area contributed by atoms with Crippen LogP contribution in [0, 0.1) is 5.82 Å². The second-order valence-corrected chi connectivity index (χ2v) is 6.15. The topological polar surface area (TPSA) is 32.5 Å². The number of rotatable bonds is 5. The standard InChI is InChI=1S/C17H28FN3/c1-4-13(2)20-9-11-21(12-10-20)17(14(3)19)15-7-5-6-8-16(15)18/h5-8,13-14,17H,4,9-12,19H2,1-3H3. The number of halogens is 1. The first-order chi connectivity index (χ1) is 10.0. The zero-order chi connectivity index (χ0) is 15.4. The largest absolute Gasteiger partial charge is 0.326 e. The molecule has 0 spiro atoms. The summed E-state index contributed by atoms with van der Waals surface area (Å²) in [5.74, 6) is -0.149. The molecule has 3 atom stereocenters. The number of benzene rings is 1. The highest BCUT2D eigenvalue weighted by Crippen LogP contribution is 2.27. The van der Waals surface area contributed by atoms with Crippen LogP contribution in [0.2, 0.25) is 0 Å². The Labute approximate surface area is 127 Å². The molecule has 1 aromatic rings. The van der Waals surface area contributed by atoms with Gasteiger partial charge in [-0.2, -0.15) is 0 Å². The van der Waals surface area contributed by atoms with Gasteiger partial charge >= 0.3 is 0 Å². The van der Waals surface area contributed by atoms with Crippen LogP contribution in [0.3, 0.4) is 0 Å². The summed E-state index contributed by atoms with van der Waals surface area (Å²) in [5, 5.41) is 0. The average molecular weight is 293 g/mol. The van der Waals surface area contributed by atoms with Crippen molar-refractivity contribution in [2.75, 3.05) is 26.2 Å². The molecule has 1 aliphatic rings. The smallest absolute Gasteiger partial charge is 0.128 e. The van der Waals surface area contributed by atoms with Crippen LogP contribution in [0.15, 0.2) is 24.3 Å². The van der Waals surface area contributed by atoms with Crippen molar-refractivity contribution in [2.24, 2.45) is 5.73 Å². The number of nitrogens with zero attached hydrogens (tertiary/aromatic N) is 2. The fourth-order valence-corrected chi connectivity index (χ4v) is 3.24. The first-order valence-electron chi connectivity index (χ1n) is 8.02. The molecule has 0 amide bonds. The van der Waals surface area contributed by atoms with Gasteiger partial charge in [-0.1, -0.05) is 25.1 Å². The Balaban J connectivity index is 2.10. The number of nitrogens with two attached hydrogens (primary N) is 1. The molecule has 1 fully saturated rings. The number of piperazine rings is 1. The Morgan fingerprint density at radius 2 is 1.67 bits per heavy atom. The number of hydrogen-bond donors (Lipinski definition) is 1. The van der Waals surface area contributed by atoms with Crippen molar-refractivity contribution in [3.8, 4) is 0 Å². The van der Waals surface area contributed by atoms with Crippen molar-refractivity contribution < 1.29 is 4.39 Å². The van der Waals surface area contributed by atoms with E-state index in [9.17, 15) is 4.39 Å². The molecule has 21 heavy (non-hydrogen) atoms. The molecule has 4 heteroatoms. The van der Waals surface area contributed by atoms with Crippen molar-refractivity contribution >= 4 is 0 Å². The molecule has 0 bridgehead atoms. The van der Waals surface area contributed by atoms with Gasteiger partial charge in [-0.05, 0) is 26.3 Å². The summed E-state index contributed by atoms with van der Waals surface area (Å²) < 4.78 is 14.1. The van der Waals surface area contributed by atoms with E-state index in [0.29, 0.717) is 6.04 Å². The normalized spacial score (nSPS) is 22.0. The predicted octanol–water partition coefficient (Wildman–Crippen LogP) is 2.63. The maximum atomic E-state index is 14.1. The highest BCUT2D eigenvalue weighted by atomic mass is 19.1. The summed E-state index contributed by atoms with van der Waals surface area (Å²) in [6.45, 7) is 10.4. The minimum atomic E-state index is -0.149. The lowest BCUT2D eigenvalue weighted by molar-refractivity contribution is 0.0641. The van der Waals surface area contributed by atoms with E-state index in [-0.39, 0.29) is 17.9 Å². The van der Waals surface area contributed by atoms with E-state index in [0.717, 1.165) is 31.7 Å². The van der Waals surface area contributed by atoms with Crippen LogP contribution < -0.4 is 5.73 Å². The fraction of sp³-hybridized carbons (Fsp3) is 0.647. The third-order valence-corrected chi connectivity index (χ3v) is 4.68. The fourth-order valence-electron chi connectivity index (χ4n) is 3.24. The Hall–Kier alpha value is -0.970. The quantitative estimate of drug-likeness (QED) is 0.906. The second kappa shape index (κ2) is 7.34. The zero-order valence-corrected chi connectivity index (χ0v) is 13.4. The van der Waals surface area contributed by atoms with Crippen molar-refractivity contribution in [1.82, 2.24) is 9.80 Å². The first kappa shape index (κ1) is 16.4. The summed E-state index contributed by atoms with van der Waals surface area (Å²) in [7, 11) is 0. The summed E-state index contributed by atoms with van der Waals surface area (Å²) >= 11 is 0. The Morgan fingerprint density at radius 3 is 2.19 bits per heavy atom. The molecule has 3 nitrogen and oxygen atoms in total. The van der Waals surface area contributed by atoms with E-state index in [1.165, 1.54) is 12.5 Å². The van der Waals surface area contributed by atoms with Gasteiger partial charge in [-0.15, -0.1) is 0 Å². The van der Waals surface area contributed by atoms with Gasteiger partial charge in [-0.25, -0.2) is 4.39 Å². The van der Waals surface area contributed by atoms with Crippen LogP contribution >= 0.6 is 0 Å². The van der Waals surface area contributed by atoms with Crippen LogP contribution in [-0.2, 0) is 0 Å². The third kappa shape index (κ3) is 3.82. The maximum absolute atomic E-state index is 14.1. The minimum Gasteiger partial charge on any atom is -0.326 e. The Morgan fingerprint density at radius 1 is 1.10 bits per heavy atom. The van der Waals surface area contributed by atoms with Gasteiger partial charge in [0.2, 0.25) is 0 Å². The molecule has 1 heterocycles. The molecule has 2 rings (SSSR count). The van der Waals surface area contributed by atoms with Crippen LogP contribution in [-0.4, -0.2) is 48.1 Å². The van der Waals surface area contributed by atoms with Gasteiger partial charge in [0.25, 0.3) is 0 Å². The van der Waals surface area contributed by atoms with Gasteiger partial charge in [0, 0.05) is 43.8 Å². The summed E-state index contributed by atoms with van der Waals surface area (Å²) in [5.41, 5.74) is 6.89. The third-order valence-electron chi connectivity index (χ3n) is 4.68. The summed E-state index contributed by atoms with van der Waals surface area (Å²) in [6, 6.07) is 7.52. The summed E-state index contributed by atoms with van der Waals surface area (Å²) in [6.07, 6.45) is 1.17. The SMILES string of the molecule is CCC(C)N1CCN(C(c2ccccc2F)C(C)N)CC1. The van der Waals surface area contributed by atoms with Crippen LogP contribution in [0.1, 0.15) is 38.8 Å². The molecule has 0 aliphatic carbocycles. The number of hydrogen-bond acceptors (Lipinski definition) is 3. The molecule has 1 aromatic carbocycles. The van der Waals surface area contributed by atoms with Crippen molar-refractivity contribution in [3.05, 3.63) is 35.6 Å². The second-order valence-electron chi connectivity index (χ2n) is 6.15. The minimum absolute atomic E-state index is 0.0368. The molecule has 2 N–H and O–H groups in total. The molecule has 1 aliphatic heterocycles. The highest BCUT2D eigenvalue weighted by molar-refractivity contribution is 5.23. The molecule has 1 saturated heterocycles. The molecule has 118 valence electrons. The van der Waals surface area contributed by atoms with Crippen molar-refractivity contribution in [3.63, 3.8) is 0 Å². The molecule has 3 unspecified atom stereocenters. The Bertz CT molecular complexity index is 441. The van der Waals surface area contributed by atoms with E-state index >= 15 is 0 Å². The van der Waals surface area contributed by atoms with Gasteiger partial charge < -0.3 is 5.73 Å². The first-order valence-corrected chi connectivity index (χ1v) is 8.02. The monoisotopic (exact) mass is 293 g/mol. The van der Waals surface area contributed by atoms with Gasteiger partial charge in [0.05, 0.1) is 6.04 Å². The van der Waals surface area contributed by atoms with E-state index in [1.807, 2.05) is 19.1 Å². The van der Waals surface area contributed by atoms with Gasteiger partial charge in [0.15, 0.2) is 0 Å². The molecular weight excluding hydrogens is 265 g/mol.